The van der Waals surface area contributed by atoms with Crippen LogP contribution in [0.25, 0.3) is 0 Å². The molecule has 1 aliphatic rings. The molecule has 2 amide bonds. The summed E-state index contributed by atoms with van der Waals surface area (Å²) in [6, 6.07) is 11.6. The molecule has 0 spiro atoms. The van der Waals surface area contributed by atoms with E-state index >= 15 is 0 Å². The van der Waals surface area contributed by atoms with Gasteiger partial charge < -0.3 is 10.2 Å². The second-order valence-corrected chi connectivity index (χ2v) is 6.67. The number of aryl methyl sites for hydroxylation is 1. The van der Waals surface area contributed by atoms with Gasteiger partial charge in [-0.1, -0.05) is 12.1 Å². The SMILES string of the molecule is Cc1cccc(NC(=O)C2CC2C(=O)N(C)CCc2ccncc2)c1. The molecule has 130 valence electrons. The zero-order chi connectivity index (χ0) is 17.8. The van der Waals surface area contributed by atoms with Crippen molar-refractivity contribution in [3.05, 3.63) is 59.9 Å². The molecule has 5 heteroatoms. The monoisotopic (exact) mass is 337 g/mol. The minimum absolute atomic E-state index is 0.0541. The summed E-state index contributed by atoms with van der Waals surface area (Å²) in [4.78, 5) is 30.5. The van der Waals surface area contributed by atoms with Crippen LogP contribution >= 0.6 is 0 Å². The Morgan fingerprint density at radius 1 is 1.20 bits per heavy atom. The molecular formula is C20H23N3O2. The number of hydrogen-bond donors (Lipinski definition) is 1. The van der Waals surface area contributed by atoms with Gasteiger partial charge in [0.2, 0.25) is 11.8 Å². The van der Waals surface area contributed by atoms with Gasteiger partial charge in [0, 0.05) is 31.7 Å². The quantitative estimate of drug-likeness (QED) is 0.881. The van der Waals surface area contributed by atoms with Crippen molar-refractivity contribution in [2.75, 3.05) is 18.9 Å². The Bertz CT molecular complexity index is 761. The van der Waals surface area contributed by atoms with Gasteiger partial charge in [0.1, 0.15) is 0 Å². The Morgan fingerprint density at radius 3 is 2.68 bits per heavy atom. The van der Waals surface area contributed by atoms with Crippen LogP contribution in [0.3, 0.4) is 0 Å². The van der Waals surface area contributed by atoms with Gasteiger partial charge in [-0.15, -0.1) is 0 Å². The predicted octanol–water partition coefficient (Wildman–Crippen LogP) is 2.67. The summed E-state index contributed by atoms with van der Waals surface area (Å²) in [5.41, 5.74) is 3.03. The maximum Gasteiger partial charge on any atom is 0.228 e. The second kappa shape index (κ2) is 7.47. The van der Waals surface area contributed by atoms with Gasteiger partial charge in [-0.3, -0.25) is 14.6 Å². The minimum atomic E-state index is -0.212. The van der Waals surface area contributed by atoms with Crippen molar-refractivity contribution >= 4 is 17.5 Å². The van der Waals surface area contributed by atoms with Crippen molar-refractivity contribution in [2.24, 2.45) is 11.8 Å². The first-order valence-corrected chi connectivity index (χ1v) is 8.56. The number of benzene rings is 1. The number of nitrogens with zero attached hydrogens (tertiary/aromatic N) is 2. The van der Waals surface area contributed by atoms with E-state index in [1.807, 2.05) is 43.3 Å². The van der Waals surface area contributed by atoms with Crippen LogP contribution in [0.15, 0.2) is 48.8 Å². The number of likely N-dealkylation sites (N-methyl/N-ethyl adjacent to an activating group) is 1. The minimum Gasteiger partial charge on any atom is -0.345 e. The third kappa shape index (κ3) is 4.44. The molecule has 1 aromatic heterocycles. The number of carbonyl (C=O) groups excluding carboxylic acids is 2. The van der Waals surface area contributed by atoms with Gasteiger partial charge in [0.05, 0.1) is 11.8 Å². The molecule has 5 nitrogen and oxygen atoms in total. The third-order valence-electron chi connectivity index (χ3n) is 4.59. The standard InChI is InChI=1S/C20H23N3O2/c1-14-4-3-5-16(12-14)22-19(24)17-13-18(17)20(25)23(2)11-8-15-6-9-21-10-7-15/h3-7,9-10,12,17-18H,8,11,13H2,1-2H3,(H,22,24). The molecular weight excluding hydrogens is 314 g/mol. The predicted molar refractivity (Wildman–Crippen MR) is 97.0 cm³/mol. The van der Waals surface area contributed by atoms with Crippen molar-refractivity contribution in [3.63, 3.8) is 0 Å². The molecule has 0 radical (unpaired) electrons. The molecule has 1 heterocycles. The maximum atomic E-state index is 12.5. The topological polar surface area (TPSA) is 62.3 Å². The summed E-state index contributed by atoms with van der Waals surface area (Å²) in [5.74, 6) is -0.409. The Hall–Kier alpha value is -2.69. The largest absolute Gasteiger partial charge is 0.345 e. The summed E-state index contributed by atoms with van der Waals surface area (Å²) < 4.78 is 0. The Morgan fingerprint density at radius 2 is 1.96 bits per heavy atom. The molecule has 0 saturated heterocycles. The van der Waals surface area contributed by atoms with Crippen LogP contribution in [0.1, 0.15) is 17.5 Å². The van der Waals surface area contributed by atoms with E-state index in [9.17, 15) is 9.59 Å². The number of amides is 2. The van der Waals surface area contributed by atoms with Gasteiger partial charge in [-0.25, -0.2) is 0 Å². The van der Waals surface area contributed by atoms with Crippen LogP contribution < -0.4 is 5.32 Å². The van der Waals surface area contributed by atoms with E-state index in [0.29, 0.717) is 13.0 Å². The Kier molecular flexibility index (Phi) is 5.12. The van der Waals surface area contributed by atoms with Crippen molar-refractivity contribution in [3.8, 4) is 0 Å². The zero-order valence-electron chi connectivity index (χ0n) is 14.6. The summed E-state index contributed by atoms with van der Waals surface area (Å²) in [7, 11) is 1.80. The fraction of sp³-hybridized carbons (Fsp3) is 0.350. The summed E-state index contributed by atoms with van der Waals surface area (Å²) in [6.45, 7) is 2.63. The van der Waals surface area contributed by atoms with Crippen LogP contribution in [0.4, 0.5) is 5.69 Å². The Labute approximate surface area is 148 Å². The number of aromatic nitrogens is 1. The number of rotatable bonds is 6. The van der Waals surface area contributed by atoms with E-state index in [1.165, 1.54) is 0 Å². The molecule has 25 heavy (non-hydrogen) atoms. The zero-order valence-corrected chi connectivity index (χ0v) is 14.6. The highest BCUT2D eigenvalue weighted by Crippen LogP contribution is 2.40. The molecule has 1 fully saturated rings. The van der Waals surface area contributed by atoms with E-state index in [4.69, 9.17) is 0 Å². The average molecular weight is 337 g/mol. The lowest BCUT2D eigenvalue weighted by Crippen LogP contribution is -2.31. The number of hydrogen-bond acceptors (Lipinski definition) is 3. The lowest BCUT2D eigenvalue weighted by atomic mass is 10.2. The molecule has 3 rings (SSSR count). The smallest absolute Gasteiger partial charge is 0.228 e. The fourth-order valence-corrected chi connectivity index (χ4v) is 2.95. The summed E-state index contributed by atoms with van der Waals surface area (Å²) >= 11 is 0. The molecule has 1 N–H and O–H groups in total. The third-order valence-corrected chi connectivity index (χ3v) is 4.59. The highest BCUT2D eigenvalue weighted by Gasteiger charge is 2.48. The molecule has 0 aliphatic heterocycles. The van der Waals surface area contributed by atoms with Gasteiger partial charge in [0.15, 0.2) is 0 Å². The molecule has 2 unspecified atom stereocenters. The molecule has 1 aliphatic carbocycles. The van der Waals surface area contributed by atoms with Gasteiger partial charge >= 0.3 is 0 Å². The number of anilines is 1. The molecule has 2 atom stereocenters. The number of carbonyl (C=O) groups is 2. The normalized spacial score (nSPS) is 18.5. The molecule has 1 aromatic carbocycles. The Balaban J connectivity index is 1.48. The van der Waals surface area contributed by atoms with E-state index < -0.39 is 0 Å². The first kappa shape index (κ1) is 17.1. The van der Waals surface area contributed by atoms with E-state index in [-0.39, 0.29) is 23.7 Å². The van der Waals surface area contributed by atoms with E-state index in [1.54, 1.807) is 24.3 Å². The fourth-order valence-electron chi connectivity index (χ4n) is 2.95. The molecule has 0 bridgehead atoms. The molecule has 2 aromatic rings. The first-order valence-electron chi connectivity index (χ1n) is 8.56. The number of pyridine rings is 1. The van der Waals surface area contributed by atoms with Crippen molar-refractivity contribution in [1.29, 1.82) is 0 Å². The highest BCUT2D eigenvalue weighted by atomic mass is 16.2. The van der Waals surface area contributed by atoms with Crippen LogP contribution in [0.5, 0.6) is 0 Å². The summed E-state index contributed by atoms with van der Waals surface area (Å²) in [5, 5.41) is 2.91. The average Bonchev–Trinajstić information content (AvgIpc) is 3.41. The van der Waals surface area contributed by atoms with Gasteiger partial charge in [-0.05, 0) is 55.2 Å². The van der Waals surface area contributed by atoms with E-state index in [0.717, 1.165) is 23.2 Å². The molecule has 1 saturated carbocycles. The van der Waals surface area contributed by atoms with Gasteiger partial charge in [0.25, 0.3) is 0 Å². The van der Waals surface area contributed by atoms with Crippen molar-refractivity contribution in [2.45, 2.75) is 19.8 Å². The highest BCUT2D eigenvalue weighted by molar-refractivity contribution is 5.99. The maximum absolute atomic E-state index is 12.5. The lowest BCUT2D eigenvalue weighted by molar-refractivity contribution is -0.132. The lowest BCUT2D eigenvalue weighted by Gasteiger charge is -2.17. The summed E-state index contributed by atoms with van der Waals surface area (Å²) in [6.07, 6.45) is 4.93. The van der Waals surface area contributed by atoms with Crippen molar-refractivity contribution < 1.29 is 9.59 Å². The van der Waals surface area contributed by atoms with E-state index in [2.05, 4.69) is 10.3 Å². The van der Waals surface area contributed by atoms with Crippen LogP contribution in [-0.2, 0) is 16.0 Å². The van der Waals surface area contributed by atoms with Crippen molar-refractivity contribution in [1.82, 2.24) is 9.88 Å². The van der Waals surface area contributed by atoms with Crippen LogP contribution in [0, 0.1) is 18.8 Å². The van der Waals surface area contributed by atoms with Crippen LogP contribution in [-0.4, -0.2) is 35.3 Å². The first-order chi connectivity index (χ1) is 12.0. The number of nitrogens with one attached hydrogen (secondary N) is 1. The second-order valence-electron chi connectivity index (χ2n) is 6.67. The van der Waals surface area contributed by atoms with Gasteiger partial charge in [-0.2, -0.15) is 0 Å². The van der Waals surface area contributed by atoms with Crippen LogP contribution in [0.2, 0.25) is 0 Å².